The lowest BCUT2D eigenvalue weighted by atomic mass is 9.96. The Morgan fingerprint density at radius 3 is 0.928 bits per heavy atom. The first kappa shape index (κ1) is 103. The van der Waals surface area contributed by atoms with E-state index in [1.807, 2.05) is 6.08 Å². The van der Waals surface area contributed by atoms with E-state index in [0.717, 1.165) is 57.8 Å². The molecule has 19 nitrogen and oxygen atoms in total. The number of aliphatic hydroxyl groups is 11. The molecule has 1 amide bonds. The number of carbonyl (C=O) groups excluding carboxylic acids is 1. The monoisotopic (exact) mass is 1580 g/mol. The molecule has 0 saturated carbocycles. The summed E-state index contributed by atoms with van der Waals surface area (Å²) < 4.78 is 34.5. The SMILES string of the molecule is CCCCCCC/C=C\C/C=C\C/C=C\CCCCCCCCCCCCCCCCCCCCCCCCCCC(=O)NC(COC1OC(CO)C(OC2OC(CO)C(OC3OC(CO)C(O)C(O)C3O)C(O)C2O)C(O)C1O)C(O)/C=C/CCCCCCCCCCCCCCCCCCCCCCCCCCC. The van der Waals surface area contributed by atoms with Gasteiger partial charge in [0, 0.05) is 6.42 Å². The molecule has 652 valence electrons. The molecule has 3 rings (SSSR count). The minimum atomic E-state index is -1.98. The molecule has 0 aliphatic carbocycles. The van der Waals surface area contributed by atoms with Crippen molar-refractivity contribution in [2.24, 2.45) is 0 Å². The van der Waals surface area contributed by atoms with Crippen molar-refractivity contribution in [3.63, 3.8) is 0 Å². The minimum absolute atomic E-state index is 0.247. The lowest BCUT2D eigenvalue weighted by Crippen LogP contribution is -2.66. The van der Waals surface area contributed by atoms with Crippen LogP contribution in [0, 0.1) is 0 Å². The van der Waals surface area contributed by atoms with E-state index in [1.54, 1.807) is 6.08 Å². The molecule has 0 radical (unpaired) electrons. The summed E-state index contributed by atoms with van der Waals surface area (Å²) in [4.78, 5) is 13.5. The highest BCUT2D eigenvalue weighted by Gasteiger charge is 2.54. The zero-order chi connectivity index (χ0) is 80.3. The highest BCUT2D eigenvalue weighted by atomic mass is 16.8. The summed E-state index contributed by atoms with van der Waals surface area (Å²) in [6.07, 6.45) is 67.0. The lowest BCUT2D eigenvalue weighted by molar-refractivity contribution is -0.379. The summed E-state index contributed by atoms with van der Waals surface area (Å²) in [7, 11) is 0. The van der Waals surface area contributed by atoms with Crippen LogP contribution in [0.5, 0.6) is 0 Å². The van der Waals surface area contributed by atoms with E-state index in [-0.39, 0.29) is 18.9 Å². The van der Waals surface area contributed by atoms with Crippen molar-refractivity contribution in [2.45, 2.75) is 503 Å². The van der Waals surface area contributed by atoms with E-state index in [9.17, 15) is 61.0 Å². The van der Waals surface area contributed by atoms with Crippen LogP contribution in [0.1, 0.15) is 399 Å². The zero-order valence-corrected chi connectivity index (χ0v) is 70.5. The minimum Gasteiger partial charge on any atom is -0.394 e. The lowest BCUT2D eigenvalue weighted by Gasteiger charge is -2.48. The number of carbonyl (C=O) groups is 1. The number of hydrogen-bond acceptors (Lipinski definition) is 18. The van der Waals surface area contributed by atoms with Crippen molar-refractivity contribution in [2.75, 3.05) is 26.4 Å². The summed E-state index contributed by atoms with van der Waals surface area (Å²) in [5.74, 6) is -0.267. The molecule has 3 aliphatic heterocycles. The van der Waals surface area contributed by atoms with Crippen LogP contribution < -0.4 is 5.32 Å². The van der Waals surface area contributed by atoms with E-state index >= 15 is 0 Å². The van der Waals surface area contributed by atoms with Crippen LogP contribution in [0.3, 0.4) is 0 Å². The highest BCUT2D eigenvalue weighted by Crippen LogP contribution is 2.34. The van der Waals surface area contributed by atoms with Gasteiger partial charge in [-0.3, -0.25) is 4.79 Å². The van der Waals surface area contributed by atoms with Gasteiger partial charge in [0.05, 0.1) is 38.6 Å². The van der Waals surface area contributed by atoms with Gasteiger partial charge in [-0.2, -0.15) is 0 Å². The maximum atomic E-state index is 13.5. The molecule has 3 heterocycles. The van der Waals surface area contributed by atoms with Crippen LogP contribution in [0.4, 0.5) is 0 Å². The molecule has 12 N–H and O–H groups in total. The molecule has 0 bridgehead atoms. The van der Waals surface area contributed by atoms with Gasteiger partial charge in [-0.05, 0) is 57.8 Å². The number of unbranched alkanes of at least 4 members (excludes halogenated alkanes) is 54. The molecule has 17 unspecified atom stereocenters. The number of allylic oxidation sites excluding steroid dienone is 7. The molecule has 3 saturated heterocycles. The number of nitrogens with one attached hydrogen (secondary N) is 1. The van der Waals surface area contributed by atoms with Crippen molar-refractivity contribution in [1.82, 2.24) is 5.32 Å². The van der Waals surface area contributed by atoms with Gasteiger partial charge < -0.3 is 89.9 Å². The van der Waals surface area contributed by atoms with E-state index in [0.29, 0.717) is 6.42 Å². The summed E-state index contributed by atoms with van der Waals surface area (Å²) in [5, 5.41) is 121. The molecule has 111 heavy (non-hydrogen) atoms. The van der Waals surface area contributed by atoms with E-state index < -0.39 is 124 Å². The maximum absolute atomic E-state index is 13.5. The predicted octanol–water partition coefficient (Wildman–Crippen LogP) is 18.0. The van der Waals surface area contributed by atoms with Gasteiger partial charge in [-0.25, -0.2) is 0 Å². The van der Waals surface area contributed by atoms with Crippen molar-refractivity contribution in [1.29, 1.82) is 0 Å². The van der Waals surface area contributed by atoms with E-state index in [2.05, 4.69) is 55.6 Å². The van der Waals surface area contributed by atoms with Crippen molar-refractivity contribution >= 4 is 5.91 Å². The smallest absolute Gasteiger partial charge is 0.220 e. The van der Waals surface area contributed by atoms with Crippen molar-refractivity contribution in [3.8, 4) is 0 Å². The Kier molecular flexibility index (Phi) is 66.6. The fourth-order valence-electron chi connectivity index (χ4n) is 15.7. The Balaban J connectivity index is 1.30. The van der Waals surface area contributed by atoms with Crippen LogP contribution in [-0.2, 0) is 33.2 Å². The Bertz CT molecular complexity index is 2190. The molecule has 3 fully saturated rings. The fourth-order valence-corrected chi connectivity index (χ4v) is 15.7. The molecular formula is C92H171NO18. The van der Waals surface area contributed by atoms with Gasteiger partial charge in [0.15, 0.2) is 18.9 Å². The number of amides is 1. The largest absolute Gasteiger partial charge is 0.394 e. The quantitative estimate of drug-likeness (QED) is 0.0199. The van der Waals surface area contributed by atoms with Crippen LogP contribution in [0.2, 0.25) is 0 Å². The Morgan fingerprint density at radius 2 is 0.595 bits per heavy atom. The fraction of sp³-hybridized carbons (Fsp3) is 0.902. The van der Waals surface area contributed by atoms with E-state index in [1.165, 1.54) is 315 Å². The second-order valence-corrected chi connectivity index (χ2v) is 33.1. The number of rotatable bonds is 76. The molecule has 0 spiro atoms. The first-order valence-electron chi connectivity index (χ1n) is 46.4. The Labute approximate surface area is 675 Å². The molecule has 3 aliphatic rings. The number of ether oxygens (including phenoxy) is 6. The summed E-state index contributed by atoms with van der Waals surface area (Å²) >= 11 is 0. The highest BCUT2D eigenvalue weighted by molar-refractivity contribution is 5.76. The Hall–Kier alpha value is -2.25. The topological polar surface area (TPSA) is 307 Å². The third-order valence-corrected chi connectivity index (χ3v) is 23.1. The predicted molar refractivity (Wildman–Crippen MR) is 448 cm³/mol. The average molecular weight is 1580 g/mol. The number of hydrogen-bond donors (Lipinski definition) is 12. The average Bonchev–Trinajstić information content (AvgIpc) is 0.780. The second-order valence-electron chi connectivity index (χ2n) is 33.1. The Morgan fingerprint density at radius 1 is 0.324 bits per heavy atom. The molecule has 0 aromatic heterocycles. The van der Waals surface area contributed by atoms with Crippen LogP contribution >= 0.6 is 0 Å². The summed E-state index contributed by atoms with van der Waals surface area (Å²) in [6.45, 7) is 1.79. The van der Waals surface area contributed by atoms with E-state index in [4.69, 9.17) is 28.4 Å². The van der Waals surface area contributed by atoms with Crippen molar-refractivity contribution < 1.29 is 89.4 Å². The first-order chi connectivity index (χ1) is 54.3. The van der Waals surface area contributed by atoms with Gasteiger partial charge in [0.1, 0.15) is 73.2 Å². The third-order valence-electron chi connectivity index (χ3n) is 23.1. The van der Waals surface area contributed by atoms with Gasteiger partial charge in [0.2, 0.25) is 5.91 Å². The van der Waals surface area contributed by atoms with Gasteiger partial charge in [0.25, 0.3) is 0 Å². The molecule has 17 atom stereocenters. The zero-order valence-electron chi connectivity index (χ0n) is 70.5. The second kappa shape index (κ2) is 71.8. The molecule has 19 heteroatoms. The maximum Gasteiger partial charge on any atom is 0.220 e. The molecule has 0 aromatic carbocycles. The van der Waals surface area contributed by atoms with Gasteiger partial charge in [-0.15, -0.1) is 0 Å². The number of aliphatic hydroxyl groups excluding tert-OH is 11. The molecular weight excluding hydrogens is 1410 g/mol. The van der Waals surface area contributed by atoms with Gasteiger partial charge in [-0.1, -0.05) is 383 Å². The van der Waals surface area contributed by atoms with Crippen LogP contribution in [0.25, 0.3) is 0 Å². The standard InChI is InChI=1S/C92H171NO18/c1-3-5-7-9-11-13-15-17-19-21-23-25-27-29-31-32-33-34-35-36-37-38-39-40-41-42-44-46-48-50-52-54-56-58-60-62-64-66-68-70-80(98)93-75(76(97)69-67-65-63-61-59-57-55-53-51-49-47-45-43-30-28-26-24-22-20-18-16-14-12-10-8-6-4-2)74-106-90-86(104)83(101)88(78(72-95)108-90)111-92-87(105)84(102)89(79(73-96)109-92)110-91-85(103)82(100)81(99)77(71-94)107-91/h15,17,21,23,27,29,67,69,75-79,81-92,94-97,99-105H,3-14,16,18-20,22,24-26,28,30-66,68,70-74H2,1-2H3,(H,93,98)/b17-15-,23-21-,29-27-,69-67+. The molecule has 0 aromatic rings. The third kappa shape index (κ3) is 50.3. The van der Waals surface area contributed by atoms with Gasteiger partial charge >= 0.3 is 0 Å². The first-order valence-corrected chi connectivity index (χ1v) is 46.4. The summed E-state index contributed by atoms with van der Waals surface area (Å²) in [5.41, 5.74) is 0. The van der Waals surface area contributed by atoms with Crippen LogP contribution in [0.15, 0.2) is 48.6 Å². The normalized spacial score (nSPS) is 25.2. The van der Waals surface area contributed by atoms with Crippen LogP contribution in [-0.4, -0.2) is 193 Å². The van der Waals surface area contributed by atoms with Crippen molar-refractivity contribution in [3.05, 3.63) is 48.6 Å². The summed E-state index contributed by atoms with van der Waals surface area (Å²) in [6, 6.07) is -0.974.